The lowest BCUT2D eigenvalue weighted by atomic mass is 10.2. The molecule has 0 saturated heterocycles. The number of amides is 2. The number of ether oxygens (including phenoxy) is 1. The molecule has 0 spiro atoms. The third kappa shape index (κ3) is 6.50. The number of halogens is 1. The number of carbonyl (C=O) groups is 1. The van der Waals surface area contributed by atoms with Crippen LogP contribution < -0.4 is 15.4 Å². The van der Waals surface area contributed by atoms with E-state index in [9.17, 15) is 9.18 Å². The minimum absolute atomic E-state index is 0.190. The fourth-order valence-electron chi connectivity index (χ4n) is 2.02. The predicted octanol–water partition coefficient (Wildman–Crippen LogP) is 3.82. The van der Waals surface area contributed by atoms with Crippen LogP contribution in [0.4, 0.5) is 9.18 Å². The molecule has 0 heterocycles. The first kappa shape index (κ1) is 18.1. The van der Waals surface area contributed by atoms with E-state index >= 15 is 0 Å². The van der Waals surface area contributed by atoms with Gasteiger partial charge in [0.25, 0.3) is 0 Å². The molecular formula is C18H21FN2O2S. The fraction of sp³-hybridized carbons (Fsp3) is 0.278. The molecule has 0 unspecified atom stereocenters. The monoisotopic (exact) mass is 348 g/mol. The Kier molecular flexibility index (Phi) is 7.42. The first-order valence-corrected chi connectivity index (χ1v) is 8.69. The van der Waals surface area contributed by atoms with Gasteiger partial charge in [-0.05, 0) is 54.1 Å². The van der Waals surface area contributed by atoms with Gasteiger partial charge in [0.15, 0.2) is 0 Å². The van der Waals surface area contributed by atoms with Crippen LogP contribution in [0.3, 0.4) is 0 Å². The predicted molar refractivity (Wildman–Crippen MR) is 95.0 cm³/mol. The van der Waals surface area contributed by atoms with Crippen molar-refractivity contribution in [1.29, 1.82) is 0 Å². The third-order valence-electron chi connectivity index (χ3n) is 3.28. The van der Waals surface area contributed by atoms with E-state index in [1.165, 1.54) is 12.1 Å². The van der Waals surface area contributed by atoms with Crippen LogP contribution in [-0.4, -0.2) is 25.4 Å². The van der Waals surface area contributed by atoms with E-state index in [1.54, 1.807) is 31.0 Å². The molecule has 2 aromatic rings. The van der Waals surface area contributed by atoms with E-state index in [1.807, 2.05) is 24.3 Å². The first-order valence-electron chi connectivity index (χ1n) is 7.70. The Morgan fingerprint density at radius 3 is 2.71 bits per heavy atom. The van der Waals surface area contributed by atoms with Gasteiger partial charge in [0.05, 0.1) is 7.11 Å². The molecule has 0 saturated carbocycles. The summed E-state index contributed by atoms with van der Waals surface area (Å²) in [4.78, 5) is 12.8. The molecule has 4 nitrogen and oxygen atoms in total. The van der Waals surface area contributed by atoms with Gasteiger partial charge in [-0.1, -0.05) is 12.1 Å². The lowest BCUT2D eigenvalue weighted by molar-refractivity contribution is 0.240. The highest BCUT2D eigenvalue weighted by molar-refractivity contribution is 7.99. The topological polar surface area (TPSA) is 50.4 Å². The Balaban J connectivity index is 1.58. The zero-order valence-electron chi connectivity index (χ0n) is 13.5. The van der Waals surface area contributed by atoms with Crippen molar-refractivity contribution in [3.05, 3.63) is 59.9 Å². The summed E-state index contributed by atoms with van der Waals surface area (Å²) in [6.45, 7) is 1.05. The highest BCUT2D eigenvalue weighted by Crippen LogP contribution is 2.18. The van der Waals surface area contributed by atoms with Crippen molar-refractivity contribution in [1.82, 2.24) is 10.6 Å². The number of hydrogen-bond acceptors (Lipinski definition) is 3. The zero-order valence-corrected chi connectivity index (χ0v) is 14.4. The number of thioether (sulfide) groups is 1. The van der Waals surface area contributed by atoms with Crippen LogP contribution in [-0.2, 0) is 6.54 Å². The third-order valence-corrected chi connectivity index (χ3v) is 4.37. The molecule has 0 aliphatic rings. The summed E-state index contributed by atoms with van der Waals surface area (Å²) in [6, 6.07) is 13.8. The second-order valence-corrected chi connectivity index (χ2v) is 6.29. The summed E-state index contributed by atoms with van der Waals surface area (Å²) < 4.78 is 17.9. The van der Waals surface area contributed by atoms with Gasteiger partial charge in [-0.2, -0.15) is 0 Å². The lowest BCUT2D eigenvalue weighted by Crippen LogP contribution is -2.35. The molecule has 128 valence electrons. The van der Waals surface area contributed by atoms with Crippen LogP contribution in [0.5, 0.6) is 5.75 Å². The van der Waals surface area contributed by atoms with E-state index in [0.717, 1.165) is 28.4 Å². The number of urea groups is 1. The van der Waals surface area contributed by atoms with Gasteiger partial charge in [-0.15, -0.1) is 11.8 Å². The molecule has 0 atom stereocenters. The van der Waals surface area contributed by atoms with Gasteiger partial charge in [0.1, 0.15) is 11.6 Å². The summed E-state index contributed by atoms with van der Waals surface area (Å²) in [5.74, 6) is 1.41. The summed E-state index contributed by atoms with van der Waals surface area (Å²) in [5.41, 5.74) is 0.983. The summed E-state index contributed by atoms with van der Waals surface area (Å²) >= 11 is 1.64. The van der Waals surface area contributed by atoms with E-state index < -0.39 is 0 Å². The standard InChI is InChI=1S/C18H21FN2O2S/c1-23-16-5-2-4-14(12-16)13-21-18(22)20-10-3-11-24-17-8-6-15(19)7-9-17/h2,4-9,12H,3,10-11,13H2,1H3,(H2,20,21,22). The molecule has 2 aromatic carbocycles. The highest BCUT2D eigenvalue weighted by Gasteiger charge is 2.01. The lowest BCUT2D eigenvalue weighted by Gasteiger charge is -2.08. The number of hydrogen-bond donors (Lipinski definition) is 2. The van der Waals surface area contributed by atoms with Crippen molar-refractivity contribution < 1.29 is 13.9 Å². The number of rotatable bonds is 8. The zero-order chi connectivity index (χ0) is 17.2. The summed E-state index contributed by atoms with van der Waals surface area (Å²) in [7, 11) is 1.61. The molecule has 24 heavy (non-hydrogen) atoms. The Labute approximate surface area is 145 Å². The Hall–Kier alpha value is -2.21. The number of benzene rings is 2. The average Bonchev–Trinajstić information content (AvgIpc) is 2.61. The van der Waals surface area contributed by atoms with Gasteiger partial charge in [0, 0.05) is 18.0 Å². The normalized spacial score (nSPS) is 10.2. The molecule has 0 bridgehead atoms. The minimum atomic E-state index is -0.228. The summed E-state index contributed by atoms with van der Waals surface area (Å²) in [6.07, 6.45) is 0.842. The molecule has 2 amide bonds. The van der Waals surface area contributed by atoms with E-state index in [2.05, 4.69) is 10.6 Å². The van der Waals surface area contributed by atoms with Crippen LogP contribution >= 0.6 is 11.8 Å². The van der Waals surface area contributed by atoms with Crippen LogP contribution in [0, 0.1) is 5.82 Å². The van der Waals surface area contributed by atoms with Gasteiger partial charge < -0.3 is 15.4 Å². The van der Waals surface area contributed by atoms with Crippen LogP contribution in [0.2, 0.25) is 0 Å². The molecule has 0 radical (unpaired) electrons. The first-order chi connectivity index (χ1) is 11.7. The SMILES string of the molecule is COc1cccc(CNC(=O)NCCCSc2ccc(F)cc2)c1. The fourth-order valence-corrected chi connectivity index (χ4v) is 2.88. The van der Waals surface area contributed by atoms with E-state index in [-0.39, 0.29) is 11.8 Å². The quantitative estimate of drug-likeness (QED) is 0.563. The van der Waals surface area contributed by atoms with E-state index in [0.29, 0.717) is 13.1 Å². The van der Waals surface area contributed by atoms with Gasteiger partial charge in [-0.3, -0.25) is 0 Å². The maximum Gasteiger partial charge on any atom is 0.315 e. The Bertz CT molecular complexity index is 650. The summed E-state index contributed by atoms with van der Waals surface area (Å²) in [5, 5.41) is 5.63. The van der Waals surface area contributed by atoms with Gasteiger partial charge in [0.2, 0.25) is 0 Å². The number of methoxy groups -OCH3 is 1. The molecule has 0 aliphatic carbocycles. The molecule has 0 aliphatic heterocycles. The molecule has 6 heteroatoms. The smallest absolute Gasteiger partial charge is 0.315 e. The second-order valence-electron chi connectivity index (χ2n) is 5.12. The molecule has 2 rings (SSSR count). The highest BCUT2D eigenvalue weighted by atomic mass is 32.2. The van der Waals surface area contributed by atoms with Crippen molar-refractivity contribution in [2.45, 2.75) is 17.9 Å². The molecule has 0 aromatic heterocycles. The second kappa shape index (κ2) is 9.82. The van der Waals surface area contributed by atoms with E-state index in [4.69, 9.17) is 4.74 Å². The van der Waals surface area contributed by atoms with Crippen molar-refractivity contribution in [2.75, 3.05) is 19.4 Å². The maximum absolute atomic E-state index is 12.8. The average molecular weight is 348 g/mol. The van der Waals surface area contributed by atoms with Crippen molar-refractivity contribution in [3.63, 3.8) is 0 Å². The van der Waals surface area contributed by atoms with Gasteiger partial charge >= 0.3 is 6.03 Å². The van der Waals surface area contributed by atoms with Crippen molar-refractivity contribution in [3.8, 4) is 5.75 Å². The number of carbonyl (C=O) groups excluding carboxylic acids is 1. The Morgan fingerprint density at radius 2 is 1.96 bits per heavy atom. The maximum atomic E-state index is 12.8. The van der Waals surface area contributed by atoms with Crippen molar-refractivity contribution in [2.24, 2.45) is 0 Å². The van der Waals surface area contributed by atoms with Gasteiger partial charge in [-0.25, -0.2) is 9.18 Å². The van der Waals surface area contributed by atoms with Crippen LogP contribution in [0.1, 0.15) is 12.0 Å². The molecule has 2 N–H and O–H groups in total. The Morgan fingerprint density at radius 1 is 1.17 bits per heavy atom. The molecular weight excluding hydrogens is 327 g/mol. The minimum Gasteiger partial charge on any atom is -0.497 e. The van der Waals surface area contributed by atoms with Crippen LogP contribution in [0.25, 0.3) is 0 Å². The van der Waals surface area contributed by atoms with Crippen LogP contribution in [0.15, 0.2) is 53.4 Å². The number of nitrogens with one attached hydrogen (secondary N) is 2. The largest absolute Gasteiger partial charge is 0.497 e. The molecule has 0 fully saturated rings. The van der Waals surface area contributed by atoms with Crippen molar-refractivity contribution >= 4 is 17.8 Å².